The minimum absolute atomic E-state index is 0.0252. The van der Waals surface area contributed by atoms with Crippen LogP contribution in [0.25, 0.3) is 22.9 Å². The van der Waals surface area contributed by atoms with Gasteiger partial charge < -0.3 is 13.9 Å². The van der Waals surface area contributed by atoms with E-state index in [1.807, 2.05) is 30.3 Å². The Bertz CT molecular complexity index is 1290. The fraction of sp³-hybridized carbons (Fsp3) is 0.0909. The highest BCUT2D eigenvalue weighted by Gasteiger charge is 2.21. The Morgan fingerprint density at radius 1 is 0.806 bits per heavy atom. The van der Waals surface area contributed by atoms with E-state index in [4.69, 9.17) is 13.9 Å². The highest BCUT2D eigenvalue weighted by molar-refractivity contribution is 7.92. The van der Waals surface area contributed by atoms with Crippen LogP contribution in [0.15, 0.2) is 82.1 Å². The average Bonchev–Trinajstić information content (AvgIpc) is 3.30. The molecule has 9 heteroatoms. The molecular weight excluding hydrogens is 418 g/mol. The number of sulfonamides is 1. The monoisotopic (exact) mass is 437 g/mol. The van der Waals surface area contributed by atoms with Gasteiger partial charge in [0, 0.05) is 22.9 Å². The smallest absolute Gasteiger partial charge is 0.265 e. The molecule has 1 N–H and O–H groups in total. The number of methoxy groups -OCH3 is 2. The SMILES string of the molecule is COc1ccc(OC)c(S(=O)(=O)Nc2ccc(-c3nnc(-c4ccccc4)o3)cc2)c1. The molecule has 1 aromatic heterocycles. The normalized spacial score (nSPS) is 11.2. The highest BCUT2D eigenvalue weighted by atomic mass is 32.2. The zero-order chi connectivity index (χ0) is 21.8. The third-order valence-electron chi connectivity index (χ3n) is 4.49. The predicted octanol–water partition coefficient (Wildman–Crippen LogP) is 4.22. The molecule has 0 amide bonds. The Morgan fingerprint density at radius 3 is 2.06 bits per heavy atom. The number of nitrogens with zero attached hydrogens (tertiary/aromatic N) is 2. The number of benzene rings is 3. The lowest BCUT2D eigenvalue weighted by Crippen LogP contribution is -2.14. The first-order chi connectivity index (χ1) is 15.0. The summed E-state index contributed by atoms with van der Waals surface area (Å²) in [5.41, 5.74) is 1.85. The molecule has 1 heterocycles. The van der Waals surface area contributed by atoms with E-state index in [0.29, 0.717) is 28.8 Å². The molecule has 0 radical (unpaired) electrons. The zero-order valence-electron chi connectivity index (χ0n) is 16.8. The maximum atomic E-state index is 12.9. The maximum Gasteiger partial charge on any atom is 0.265 e. The second-order valence-corrected chi connectivity index (χ2v) is 8.13. The van der Waals surface area contributed by atoms with E-state index in [2.05, 4.69) is 14.9 Å². The van der Waals surface area contributed by atoms with Crippen molar-refractivity contribution < 1.29 is 22.3 Å². The van der Waals surface area contributed by atoms with Crippen LogP contribution in [0.1, 0.15) is 0 Å². The number of hydrogen-bond donors (Lipinski definition) is 1. The van der Waals surface area contributed by atoms with E-state index in [-0.39, 0.29) is 10.6 Å². The molecule has 4 rings (SSSR count). The van der Waals surface area contributed by atoms with Crippen molar-refractivity contribution >= 4 is 15.7 Å². The topological polar surface area (TPSA) is 104 Å². The van der Waals surface area contributed by atoms with E-state index < -0.39 is 10.0 Å². The Hall–Kier alpha value is -3.85. The number of rotatable bonds is 7. The third kappa shape index (κ3) is 4.36. The first kappa shape index (κ1) is 20.4. The van der Waals surface area contributed by atoms with Gasteiger partial charge in [0.1, 0.15) is 16.4 Å². The van der Waals surface area contributed by atoms with Crippen molar-refractivity contribution in [3.8, 4) is 34.4 Å². The lowest BCUT2D eigenvalue weighted by atomic mass is 10.2. The number of anilines is 1. The van der Waals surface area contributed by atoms with Crippen molar-refractivity contribution in [2.45, 2.75) is 4.90 Å². The summed E-state index contributed by atoms with van der Waals surface area (Å²) in [6, 6.07) is 20.6. The first-order valence-corrected chi connectivity index (χ1v) is 10.7. The molecule has 0 unspecified atom stereocenters. The van der Waals surface area contributed by atoms with Crippen molar-refractivity contribution in [1.82, 2.24) is 10.2 Å². The zero-order valence-corrected chi connectivity index (χ0v) is 17.6. The van der Waals surface area contributed by atoms with Crippen LogP contribution in [0, 0.1) is 0 Å². The van der Waals surface area contributed by atoms with Gasteiger partial charge in [-0.25, -0.2) is 8.42 Å². The van der Waals surface area contributed by atoms with Crippen molar-refractivity contribution in [3.05, 3.63) is 72.8 Å². The fourth-order valence-electron chi connectivity index (χ4n) is 2.92. The second kappa shape index (κ2) is 8.49. The third-order valence-corrected chi connectivity index (χ3v) is 5.89. The van der Waals surface area contributed by atoms with Crippen LogP contribution < -0.4 is 14.2 Å². The molecule has 0 aliphatic carbocycles. The van der Waals surface area contributed by atoms with Crippen LogP contribution >= 0.6 is 0 Å². The van der Waals surface area contributed by atoms with E-state index in [9.17, 15) is 8.42 Å². The summed E-state index contributed by atoms with van der Waals surface area (Å²) < 4.78 is 44.3. The molecule has 0 aliphatic rings. The van der Waals surface area contributed by atoms with Gasteiger partial charge in [0.15, 0.2) is 0 Å². The Labute approximate surface area is 179 Å². The van der Waals surface area contributed by atoms with E-state index in [0.717, 1.165) is 5.56 Å². The van der Waals surface area contributed by atoms with Gasteiger partial charge in [-0.3, -0.25) is 4.72 Å². The largest absolute Gasteiger partial charge is 0.497 e. The molecule has 0 bridgehead atoms. The minimum atomic E-state index is -3.90. The van der Waals surface area contributed by atoms with Crippen molar-refractivity contribution in [2.24, 2.45) is 0 Å². The summed E-state index contributed by atoms with van der Waals surface area (Å²) in [5, 5.41) is 8.14. The fourth-order valence-corrected chi connectivity index (χ4v) is 4.17. The van der Waals surface area contributed by atoms with Crippen LogP contribution in [0.5, 0.6) is 11.5 Å². The molecule has 0 saturated carbocycles. The minimum Gasteiger partial charge on any atom is -0.497 e. The molecular formula is C22H19N3O5S. The van der Waals surface area contributed by atoms with Gasteiger partial charge in [-0.05, 0) is 48.5 Å². The van der Waals surface area contributed by atoms with Crippen LogP contribution in [0.2, 0.25) is 0 Å². The molecule has 0 aliphatic heterocycles. The first-order valence-electron chi connectivity index (χ1n) is 9.24. The summed E-state index contributed by atoms with van der Waals surface area (Å²) in [5.74, 6) is 1.36. The van der Waals surface area contributed by atoms with Crippen molar-refractivity contribution in [1.29, 1.82) is 0 Å². The predicted molar refractivity (Wildman–Crippen MR) is 116 cm³/mol. The van der Waals surface area contributed by atoms with Gasteiger partial charge >= 0.3 is 0 Å². The standard InChI is InChI=1S/C22H19N3O5S/c1-28-18-12-13-19(29-2)20(14-18)31(26,27)25-17-10-8-16(9-11-17)22-24-23-21(30-22)15-6-4-3-5-7-15/h3-14,25H,1-2H3. The van der Waals surface area contributed by atoms with Crippen molar-refractivity contribution in [3.63, 3.8) is 0 Å². The van der Waals surface area contributed by atoms with Gasteiger partial charge in [-0.1, -0.05) is 18.2 Å². The summed E-state index contributed by atoms with van der Waals surface area (Å²) in [7, 11) is -1.03. The highest BCUT2D eigenvalue weighted by Crippen LogP contribution is 2.30. The van der Waals surface area contributed by atoms with Gasteiger partial charge in [0.25, 0.3) is 10.0 Å². The molecule has 8 nitrogen and oxygen atoms in total. The number of ether oxygens (including phenoxy) is 2. The van der Waals surface area contributed by atoms with E-state index in [1.165, 1.54) is 26.4 Å². The lowest BCUT2D eigenvalue weighted by Gasteiger charge is -2.13. The van der Waals surface area contributed by atoms with Gasteiger partial charge in [-0.15, -0.1) is 10.2 Å². The molecule has 0 saturated heterocycles. The number of nitrogens with one attached hydrogen (secondary N) is 1. The van der Waals surface area contributed by atoms with E-state index >= 15 is 0 Å². The molecule has 0 spiro atoms. The Morgan fingerprint density at radius 2 is 1.45 bits per heavy atom. The lowest BCUT2D eigenvalue weighted by molar-refractivity contribution is 0.392. The summed E-state index contributed by atoms with van der Waals surface area (Å²) in [6.45, 7) is 0. The molecule has 4 aromatic rings. The van der Waals surface area contributed by atoms with Gasteiger partial charge in [-0.2, -0.15) is 0 Å². The van der Waals surface area contributed by atoms with Crippen LogP contribution in [-0.2, 0) is 10.0 Å². The van der Waals surface area contributed by atoms with Crippen LogP contribution in [-0.4, -0.2) is 32.8 Å². The molecule has 0 fully saturated rings. The maximum absolute atomic E-state index is 12.9. The quantitative estimate of drug-likeness (QED) is 0.462. The Balaban J connectivity index is 1.56. The van der Waals surface area contributed by atoms with Crippen LogP contribution in [0.4, 0.5) is 5.69 Å². The van der Waals surface area contributed by atoms with Crippen LogP contribution in [0.3, 0.4) is 0 Å². The molecule has 31 heavy (non-hydrogen) atoms. The summed E-state index contributed by atoms with van der Waals surface area (Å²) in [4.78, 5) is -0.0252. The van der Waals surface area contributed by atoms with Crippen molar-refractivity contribution in [2.75, 3.05) is 18.9 Å². The van der Waals surface area contributed by atoms with E-state index in [1.54, 1.807) is 30.3 Å². The molecule has 3 aromatic carbocycles. The average molecular weight is 437 g/mol. The summed E-state index contributed by atoms with van der Waals surface area (Å²) in [6.07, 6.45) is 0. The Kier molecular flexibility index (Phi) is 5.59. The van der Waals surface area contributed by atoms with Gasteiger partial charge in [0.2, 0.25) is 11.8 Å². The molecule has 158 valence electrons. The van der Waals surface area contributed by atoms with Gasteiger partial charge in [0.05, 0.1) is 14.2 Å². The molecule has 0 atom stereocenters. The summed E-state index contributed by atoms with van der Waals surface area (Å²) >= 11 is 0. The number of hydrogen-bond acceptors (Lipinski definition) is 7. The second-order valence-electron chi connectivity index (χ2n) is 6.48. The number of aromatic nitrogens is 2.